The number of benzene rings is 1. The van der Waals surface area contributed by atoms with Gasteiger partial charge in [-0.3, -0.25) is 0 Å². The fraction of sp³-hybridized carbons (Fsp3) is 0.312. The van der Waals surface area contributed by atoms with Gasteiger partial charge < -0.3 is 19.8 Å². The highest BCUT2D eigenvalue weighted by Gasteiger charge is 2.10. The van der Waals surface area contributed by atoms with Crippen LogP contribution in [0.15, 0.2) is 50.5 Å². The molecular formula is C16H18BrF2N3O2. The molecule has 0 aliphatic carbocycles. The molecule has 130 valence electrons. The van der Waals surface area contributed by atoms with Crippen LogP contribution in [0.5, 0.6) is 5.75 Å². The molecule has 0 bridgehead atoms. The van der Waals surface area contributed by atoms with E-state index >= 15 is 0 Å². The summed E-state index contributed by atoms with van der Waals surface area (Å²) in [5.74, 6) is 1.43. The summed E-state index contributed by atoms with van der Waals surface area (Å²) in [7, 11) is 0. The van der Waals surface area contributed by atoms with Gasteiger partial charge in [-0.2, -0.15) is 8.78 Å². The number of alkyl halides is 2. The molecule has 0 atom stereocenters. The van der Waals surface area contributed by atoms with E-state index in [-0.39, 0.29) is 12.3 Å². The van der Waals surface area contributed by atoms with Crippen LogP contribution in [0.25, 0.3) is 0 Å². The number of furan rings is 1. The Kier molecular flexibility index (Phi) is 7.05. The van der Waals surface area contributed by atoms with E-state index in [4.69, 9.17) is 4.42 Å². The van der Waals surface area contributed by atoms with Gasteiger partial charge in [0.2, 0.25) is 0 Å². The summed E-state index contributed by atoms with van der Waals surface area (Å²) in [6.45, 7) is 0.392. The number of hydrogen-bond acceptors (Lipinski definition) is 3. The number of rotatable bonds is 7. The zero-order chi connectivity index (χ0) is 17.4. The first-order chi connectivity index (χ1) is 11.6. The predicted octanol–water partition coefficient (Wildman–Crippen LogP) is 3.90. The third-order valence-corrected chi connectivity index (χ3v) is 3.49. The maximum Gasteiger partial charge on any atom is 0.387 e. The molecule has 5 nitrogen and oxygen atoms in total. The lowest BCUT2D eigenvalue weighted by Crippen LogP contribution is -2.36. The second kappa shape index (κ2) is 9.27. The molecule has 0 saturated heterocycles. The molecule has 0 aliphatic rings. The molecule has 0 spiro atoms. The number of hydrogen-bond donors (Lipinski definition) is 2. The molecule has 1 heterocycles. The summed E-state index contributed by atoms with van der Waals surface area (Å²) < 4.78 is 35.5. The van der Waals surface area contributed by atoms with Gasteiger partial charge in [0, 0.05) is 16.6 Å². The highest BCUT2D eigenvalue weighted by Crippen LogP contribution is 2.25. The van der Waals surface area contributed by atoms with Crippen LogP contribution in [0.1, 0.15) is 18.2 Å². The SMILES string of the molecule is CCNC(=NCc1cc(Br)ccc1OC(F)F)NCc1ccco1. The van der Waals surface area contributed by atoms with Crippen LogP contribution in [0.3, 0.4) is 0 Å². The average Bonchev–Trinajstić information content (AvgIpc) is 3.05. The molecule has 0 amide bonds. The molecule has 0 radical (unpaired) electrons. The summed E-state index contributed by atoms with van der Waals surface area (Å²) in [6, 6.07) is 8.49. The van der Waals surface area contributed by atoms with E-state index in [1.807, 2.05) is 13.0 Å². The Morgan fingerprint density at radius 2 is 2.17 bits per heavy atom. The van der Waals surface area contributed by atoms with Crippen LogP contribution in [0, 0.1) is 0 Å². The molecule has 0 fully saturated rings. The molecule has 8 heteroatoms. The van der Waals surface area contributed by atoms with Crippen molar-refractivity contribution in [3.05, 3.63) is 52.4 Å². The maximum absolute atomic E-state index is 12.5. The molecular weight excluding hydrogens is 384 g/mol. The van der Waals surface area contributed by atoms with Crippen molar-refractivity contribution in [2.24, 2.45) is 4.99 Å². The van der Waals surface area contributed by atoms with Gasteiger partial charge >= 0.3 is 6.61 Å². The van der Waals surface area contributed by atoms with Gasteiger partial charge in [0.1, 0.15) is 11.5 Å². The zero-order valence-corrected chi connectivity index (χ0v) is 14.6. The number of nitrogens with zero attached hydrogens (tertiary/aromatic N) is 1. The Hall–Kier alpha value is -2.09. The lowest BCUT2D eigenvalue weighted by Gasteiger charge is -2.12. The van der Waals surface area contributed by atoms with Crippen LogP contribution in [0.4, 0.5) is 8.78 Å². The van der Waals surface area contributed by atoms with E-state index in [1.165, 1.54) is 6.07 Å². The van der Waals surface area contributed by atoms with E-state index in [9.17, 15) is 8.78 Å². The zero-order valence-electron chi connectivity index (χ0n) is 13.1. The third-order valence-electron chi connectivity index (χ3n) is 3.00. The van der Waals surface area contributed by atoms with E-state index in [2.05, 4.69) is 36.3 Å². The van der Waals surface area contributed by atoms with E-state index in [0.717, 1.165) is 10.2 Å². The standard InChI is InChI=1S/C16H18BrF2N3O2/c1-2-20-16(22-10-13-4-3-7-23-13)21-9-11-8-12(17)5-6-14(11)24-15(18)19/h3-8,15H,2,9-10H2,1H3,(H2,20,21,22). The van der Waals surface area contributed by atoms with Gasteiger partial charge in [-0.15, -0.1) is 0 Å². The van der Waals surface area contributed by atoms with Crippen molar-refractivity contribution in [1.29, 1.82) is 0 Å². The highest BCUT2D eigenvalue weighted by molar-refractivity contribution is 9.10. The Labute approximate surface area is 147 Å². The van der Waals surface area contributed by atoms with Crippen molar-refractivity contribution in [3.63, 3.8) is 0 Å². The summed E-state index contributed by atoms with van der Waals surface area (Å²) in [5.41, 5.74) is 0.555. The van der Waals surface area contributed by atoms with Gasteiger partial charge in [-0.25, -0.2) is 4.99 Å². The molecule has 0 saturated carbocycles. The molecule has 0 aliphatic heterocycles. The topological polar surface area (TPSA) is 58.8 Å². The quantitative estimate of drug-likeness (QED) is 0.545. The molecule has 1 aromatic heterocycles. The van der Waals surface area contributed by atoms with Crippen molar-refractivity contribution >= 4 is 21.9 Å². The Morgan fingerprint density at radius 1 is 1.33 bits per heavy atom. The van der Waals surface area contributed by atoms with Crippen molar-refractivity contribution in [2.75, 3.05) is 6.54 Å². The normalized spacial score (nSPS) is 11.6. The number of aliphatic imine (C=N–C) groups is 1. The lowest BCUT2D eigenvalue weighted by atomic mass is 10.2. The van der Waals surface area contributed by atoms with Crippen LogP contribution >= 0.6 is 15.9 Å². The number of nitrogens with one attached hydrogen (secondary N) is 2. The number of guanidine groups is 1. The largest absolute Gasteiger partial charge is 0.467 e. The summed E-state index contributed by atoms with van der Waals surface area (Å²) in [4.78, 5) is 4.40. The first kappa shape index (κ1) is 18.3. The Morgan fingerprint density at radius 3 is 2.83 bits per heavy atom. The second-order valence-corrected chi connectivity index (χ2v) is 5.67. The van der Waals surface area contributed by atoms with E-state index < -0.39 is 6.61 Å². The average molecular weight is 402 g/mol. The molecule has 2 rings (SSSR count). The monoisotopic (exact) mass is 401 g/mol. The minimum Gasteiger partial charge on any atom is -0.467 e. The Balaban J connectivity index is 2.08. The first-order valence-corrected chi connectivity index (χ1v) is 8.15. The summed E-state index contributed by atoms with van der Waals surface area (Å²) >= 11 is 3.32. The molecule has 1 aromatic carbocycles. The van der Waals surface area contributed by atoms with Crippen LogP contribution in [-0.2, 0) is 13.1 Å². The van der Waals surface area contributed by atoms with Crippen LogP contribution in [-0.4, -0.2) is 19.1 Å². The van der Waals surface area contributed by atoms with Crippen molar-refractivity contribution in [2.45, 2.75) is 26.6 Å². The van der Waals surface area contributed by atoms with Gasteiger partial charge in [-0.05, 0) is 37.3 Å². The highest BCUT2D eigenvalue weighted by atomic mass is 79.9. The van der Waals surface area contributed by atoms with Gasteiger partial charge in [0.25, 0.3) is 0 Å². The molecule has 2 aromatic rings. The summed E-state index contributed by atoms with van der Waals surface area (Å²) in [6.07, 6.45) is 1.59. The molecule has 2 N–H and O–H groups in total. The minimum atomic E-state index is -2.88. The van der Waals surface area contributed by atoms with Gasteiger partial charge in [-0.1, -0.05) is 15.9 Å². The summed E-state index contributed by atoms with van der Waals surface area (Å²) in [5, 5.41) is 6.20. The maximum atomic E-state index is 12.5. The fourth-order valence-electron chi connectivity index (χ4n) is 1.97. The Bertz CT molecular complexity index is 663. The number of ether oxygens (including phenoxy) is 1. The van der Waals surface area contributed by atoms with Crippen molar-refractivity contribution < 1.29 is 17.9 Å². The van der Waals surface area contributed by atoms with Gasteiger partial charge in [0.15, 0.2) is 5.96 Å². The first-order valence-electron chi connectivity index (χ1n) is 7.36. The van der Waals surface area contributed by atoms with Crippen LogP contribution in [0.2, 0.25) is 0 Å². The second-order valence-electron chi connectivity index (χ2n) is 4.76. The van der Waals surface area contributed by atoms with Gasteiger partial charge in [0.05, 0.1) is 19.4 Å². The van der Waals surface area contributed by atoms with E-state index in [0.29, 0.717) is 24.6 Å². The number of halogens is 3. The predicted molar refractivity (Wildman–Crippen MR) is 91.1 cm³/mol. The third kappa shape index (κ3) is 5.84. The molecule has 24 heavy (non-hydrogen) atoms. The van der Waals surface area contributed by atoms with Crippen molar-refractivity contribution in [3.8, 4) is 5.75 Å². The minimum absolute atomic E-state index is 0.110. The molecule has 0 unspecified atom stereocenters. The fourth-order valence-corrected chi connectivity index (χ4v) is 2.38. The van der Waals surface area contributed by atoms with Crippen LogP contribution < -0.4 is 15.4 Å². The lowest BCUT2D eigenvalue weighted by molar-refractivity contribution is -0.0504. The van der Waals surface area contributed by atoms with E-state index in [1.54, 1.807) is 24.5 Å². The smallest absolute Gasteiger partial charge is 0.387 e. The van der Waals surface area contributed by atoms with Crippen molar-refractivity contribution in [1.82, 2.24) is 10.6 Å².